The van der Waals surface area contributed by atoms with Gasteiger partial charge in [-0.25, -0.2) is 4.98 Å². The first kappa shape index (κ1) is 19.0. The maximum atomic E-state index is 11.1. The number of nitrogens with two attached hydrogens (primary N) is 1. The maximum Gasteiger partial charge on any atom is 0.221 e. The number of hydrogen-bond donors (Lipinski definition) is 2. The Hall–Kier alpha value is -0.360. The Bertz CT molecular complexity index is 320. The zero-order valence-corrected chi connectivity index (χ0v) is 12.2. The summed E-state index contributed by atoms with van der Waals surface area (Å²) in [5.41, 5.74) is 5.26. The van der Waals surface area contributed by atoms with Crippen LogP contribution in [0.5, 0.6) is 0 Å². The number of carbonyl (C=O) groups excluding carboxylic acids is 1. The molecule has 0 saturated carbocycles. The van der Waals surface area contributed by atoms with Gasteiger partial charge >= 0.3 is 0 Å². The van der Waals surface area contributed by atoms with Gasteiger partial charge in [0.25, 0.3) is 0 Å². The summed E-state index contributed by atoms with van der Waals surface area (Å²) in [6.07, 6.45) is 4.14. The molecule has 0 aliphatic heterocycles. The fraction of sp³-hybridized carbons (Fsp3) is 0.600. The largest absolute Gasteiger partial charge is 0.356 e. The normalized spacial score (nSPS) is 9.06. The average molecular weight is 300 g/mol. The van der Waals surface area contributed by atoms with Gasteiger partial charge in [0.05, 0.1) is 5.01 Å². The van der Waals surface area contributed by atoms with Crippen molar-refractivity contribution in [2.24, 2.45) is 5.73 Å². The first-order valence-corrected chi connectivity index (χ1v) is 5.98. The van der Waals surface area contributed by atoms with E-state index in [1.54, 1.807) is 11.3 Å². The molecule has 1 aromatic rings. The van der Waals surface area contributed by atoms with Crippen molar-refractivity contribution < 1.29 is 4.79 Å². The minimum Gasteiger partial charge on any atom is -0.356 e. The topological polar surface area (TPSA) is 68.0 Å². The molecule has 0 radical (unpaired) electrons. The van der Waals surface area contributed by atoms with E-state index >= 15 is 0 Å². The molecule has 1 heterocycles. The van der Waals surface area contributed by atoms with Gasteiger partial charge in [-0.2, -0.15) is 0 Å². The fourth-order valence-corrected chi connectivity index (χ4v) is 2.02. The van der Waals surface area contributed by atoms with Gasteiger partial charge in [0.1, 0.15) is 0 Å². The molecule has 0 aromatic carbocycles. The number of hydrogen-bond acceptors (Lipinski definition) is 4. The predicted molar refractivity (Wildman–Crippen MR) is 76.4 cm³/mol. The number of aromatic nitrogens is 1. The van der Waals surface area contributed by atoms with E-state index < -0.39 is 0 Å². The van der Waals surface area contributed by atoms with Gasteiger partial charge in [-0.3, -0.25) is 4.79 Å². The molecule has 1 rings (SSSR count). The number of amides is 1. The van der Waals surface area contributed by atoms with Crippen LogP contribution in [0.2, 0.25) is 0 Å². The molecule has 0 unspecified atom stereocenters. The summed E-state index contributed by atoms with van der Waals surface area (Å²) in [6, 6.07) is 0. The highest BCUT2D eigenvalue weighted by Crippen LogP contribution is 2.13. The molecule has 3 N–H and O–H groups in total. The van der Waals surface area contributed by atoms with E-state index in [1.807, 2.05) is 6.20 Å². The minimum absolute atomic E-state index is 0. The minimum atomic E-state index is 0. The molecule has 1 amide bonds. The van der Waals surface area contributed by atoms with Crippen LogP contribution < -0.4 is 11.1 Å². The van der Waals surface area contributed by atoms with E-state index in [1.165, 1.54) is 4.88 Å². The number of nitrogens with zero attached hydrogens (tertiary/aromatic N) is 1. The van der Waals surface area contributed by atoms with Crippen LogP contribution in [0.1, 0.15) is 23.2 Å². The molecule has 0 atom stereocenters. The quantitative estimate of drug-likeness (QED) is 0.837. The zero-order valence-electron chi connectivity index (χ0n) is 9.77. The number of carbonyl (C=O) groups is 1. The monoisotopic (exact) mass is 299 g/mol. The second-order valence-corrected chi connectivity index (χ2v) is 4.41. The number of rotatable bonds is 6. The van der Waals surface area contributed by atoms with E-state index in [4.69, 9.17) is 5.73 Å². The third kappa shape index (κ3) is 7.54. The molecule has 0 fully saturated rings. The van der Waals surface area contributed by atoms with E-state index in [-0.39, 0.29) is 30.7 Å². The van der Waals surface area contributed by atoms with Crippen molar-refractivity contribution in [3.63, 3.8) is 0 Å². The Morgan fingerprint density at radius 1 is 1.53 bits per heavy atom. The van der Waals surface area contributed by atoms with Crippen LogP contribution in [0.3, 0.4) is 0 Å². The van der Waals surface area contributed by atoms with Gasteiger partial charge in [-0.1, -0.05) is 6.92 Å². The van der Waals surface area contributed by atoms with Crippen LogP contribution >= 0.6 is 36.2 Å². The van der Waals surface area contributed by atoms with Gasteiger partial charge < -0.3 is 11.1 Å². The molecule has 17 heavy (non-hydrogen) atoms. The molecule has 0 saturated heterocycles. The van der Waals surface area contributed by atoms with E-state index in [2.05, 4.69) is 17.2 Å². The Morgan fingerprint density at radius 2 is 2.24 bits per heavy atom. The van der Waals surface area contributed by atoms with Gasteiger partial charge in [0.15, 0.2) is 0 Å². The van der Waals surface area contributed by atoms with E-state index in [0.29, 0.717) is 19.5 Å². The summed E-state index contributed by atoms with van der Waals surface area (Å²) in [4.78, 5) is 16.6. The lowest BCUT2D eigenvalue weighted by atomic mass is 10.4. The van der Waals surface area contributed by atoms with Crippen LogP contribution in [0.25, 0.3) is 0 Å². The van der Waals surface area contributed by atoms with Gasteiger partial charge in [-0.15, -0.1) is 36.2 Å². The first-order valence-electron chi connectivity index (χ1n) is 5.16. The van der Waals surface area contributed by atoms with Crippen molar-refractivity contribution in [2.45, 2.75) is 26.2 Å². The number of thiazole rings is 1. The lowest BCUT2D eigenvalue weighted by molar-refractivity contribution is -0.120. The van der Waals surface area contributed by atoms with Crippen molar-refractivity contribution >= 4 is 42.1 Å². The van der Waals surface area contributed by atoms with Crippen LogP contribution in [-0.4, -0.2) is 24.0 Å². The fourth-order valence-electron chi connectivity index (χ4n) is 1.16. The highest BCUT2D eigenvalue weighted by Gasteiger charge is 2.02. The SMILES string of the molecule is CCc1cnc(CCNC(=O)CCN)s1.Cl.Cl. The van der Waals surface area contributed by atoms with E-state index in [9.17, 15) is 4.79 Å². The van der Waals surface area contributed by atoms with Crippen molar-refractivity contribution in [3.8, 4) is 0 Å². The van der Waals surface area contributed by atoms with Gasteiger partial charge in [-0.05, 0) is 6.42 Å². The first-order chi connectivity index (χ1) is 7.26. The molecule has 4 nitrogen and oxygen atoms in total. The van der Waals surface area contributed by atoms with Crippen molar-refractivity contribution in [1.29, 1.82) is 0 Å². The molecule has 7 heteroatoms. The molecular formula is C10H19Cl2N3OS. The second kappa shape index (κ2) is 10.8. The molecule has 0 spiro atoms. The summed E-state index contributed by atoms with van der Waals surface area (Å²) in [5.74, 6) is 0.0183. The highest BCUT2D eigenvalue weighted by atomic mass is 35.5. The van der Waals surface area contributed by atoms with Gasteiger partial charge in [0, 0.05) is 37.0 Å². The highest BCUT2D eigenvalue weighted by molar-refractivity contribution is 7.11. The Morgan fingerprint density at radius 3 is 2.76 bits per heavy atom. The maximum absolute atomic E-state index is 11.1. The molecule has 1 aromatic heterocycles. The molecular weight excluding hydrogens is 281 g/mol. The molecule has 0 aliphatic rings. The third-order valence-corrected chi connectivity index (χ3v) is 3.18. The standard InChI is InChI=1S/C10H17N3OS.2ClH/c1-2-8-7-13-10(15-8)4-6-12-9(14)3-5-11;;/h7H,2-6,11H2,1H3,(H,12,14);2*1H. The Balaban J connectivity index is 0. The van der Waals surface area contributed by atoms with Crippen molar-refractivity contribution in [2.75, 3.05) is 13.1 Å². The summed E-state index contributed by atoms with van der Waals surface area (Å²) in [6.45, 7) is 3.17. The summed E-state index contributed by atoms with van der Waals surface area (Å²) >= 11 is 1.71. The Kier molecular flexibility index (Phi) is 12.0. The predicted octanol–water partition coefficient (Wildman–Crippen LogP) is 1.56. The van der Waals surface area contributed by atoms with Crippen LogP contribution in [-0.2, 0) is 17.6 Å². The molecule has 0 bridgehead atoms. The van der Waals surface area contributed by atoms with Crippen LogP contribution in [0.4, 0.5) is 0 Å². The second-order valence-electron chi connectivity index (χ2n) is 3.21. The number of aryl methyl sites for hydroxylation is 1. The summed E-state index contributed by atoms with van der Waals surface area (Å²) in [5, 5.41) is 3.89. The summed E-state index contributed by atoms with van der Waals surface area (Å²) < 4.78 is 0. The molecule has 0 aliphatic carbocycles. The van der Waals surface area contributed by atoms with Crippen LogP contribution in [0.15, 0.2) is 6.20 Å². The van der Waals surface area contributed by atoms with Crippen molar-refractivity contribution in [3.05, 3.63) is 16.1 Å². The number of halogens is 2. The Labute approximate surface area is 118 Å². The average Bonchev–Trinajstić information content (AvgIpc) is 2.66. The lowest BCUT2D eigenvalue weighted by Gasteiger charge is -2.01. The molecule has 100 valence electrons. The van der Waals surface area contributed by atoms with E-state index in [0.717, 1.165) is 17.8 Å². The lowest BCUT2D eigenvalue weighted by Crippen LogP contribution is -2.27. The number of nitrogens with one attached hydrogen (secondary N) is 1. The zero-order chi connectivity index (χ0) is 11.1. The van der Waals surface area contributed by atoms with Gasteiger partial charge in [0.2, 0.25) is 5.91 Å². The third-order valence-electron chi connectivity index (χ3n) is 1.98. The van der Waals surface area contributed by atoms with Crippen LogP contribution in [0, 0.1) is 0 Å². The summed E-state index contributed by atoms with van der Waals surface area (Å²) in [7, 11) is 0. The smallest absolute Gasteiger partial charge is 0.221 e. The van der Waals surface area contributed by atoms with Crippen molar-refractivity contribution in [1.82, 2.24) is 10.3 Å².